The molecular weight excluding hydrogens is 308 g/mol. The first-order valence-corrected chi connectivity index (χ1v) is 7.51. The molecular formula is C14H21BrN2O2. The SMILES string of the molecule is OCCN1CCCN(c2cc(Br)ccc2CO)CC1. The van der Waals surface area contributed by atoms with Gasteiger partial charge >= 0.3 is 0 Å². The van der Waals surface area contributed by atoms with Gasteiger partial charge in [0.1, 0.15) is 0 Å². The van der Waals surface area contributed by atoms with Gasteiger partial charge in [0.2, 0.25) is 0 Å². The first kappa shape index (κ1) is 14.8. The Morgan fingerprint density at radius 3 is 2.68 bits per heavy atom. The van der Waals surface area contributed by atoms with Gasteiger partial charge in [-0.25, -0.2) is 0 Å². The highest BCUT2D eigenvalue weighted by atomic mass is 79.9. The number of rotatable bonds is 4. The van der Waals surface area contributed by atoms with Crippen molar-refractivity contribution in [1.29, 1.82) is 0 Å². The Hall–Kier alpha value is -0.620. The summed E-state index contributed by atoms with van der Waals surface area (Å²) in [5.74, 6) is 0. The van der Waals surface area contributed by atoms with E-state index in [2.05, 4.69) is 31.8 Å². The van der Waals surface area contributed by atoms with Gasteiger partial charge in [0.05, 0.1) is 13.2 Å². The van der Waals surface area contributed by atoms with Crippen LogP contribution >= 0.6 is 15.9 Å². The standard InChI is InChI=1S/C14H21BrN2O2/c15-13-3-2-12(11-19)14(10-13)17-5-1-4-16(6-7-17)8-9-18/h2-3,10,18-19H,1,4-9,11H2. The molecule has 1 heterocycles. The van der Waals surface area contributed by atoms with Crippen molar-refractivity contribution < 1.29 is 10.2 Å². The summed E-state index contributed by atoms with van der Waals surface area (Å²) in [5.41, 5.74) is 2.08. The normalized spacial score (nSPS) is 17.5. The number of aliphatic hydroxyl groups is 2. The average Bonchev–Trinajstić information content (AvgIpc) is 2.65. The van der Waals surface area contributed by atoms with Crippen LogP contribution in [0.15, 0.2) is 22.7 Å². The van der Waals surface area contributed by atoms with E-state index < -0.39 is 0 Å². The van der Waals surface area contributed by atoms with Gasteiger partial charge in [-0.2, -0.15) is 0 Å². The molecule has 0 atom stereocenters. The van der Waals surface area contributed by atoms with Gasteiger partial charge in [0.25, 0.3) is 0 Å². The topological polar surface area (TPSA) is 46.9 Å². The lowest BCUT2D eigenvalue weighted by atomic mass is 10.1. The largest absolute Gasteiger partial charge is 0.395 e. The van der Waals surface area contributed by atoms with Gasteiger partial charge in [-0.3, -0.25) is 4.90 Å². The summed E-state index contributed by atoms with van der Waals surface area (Å²) in [6.45, 7) is 4.95. The molecule has 0 radical (unpaired) electrons. The monoisotopic (exact) mass is 328 g/mol. The molecule has 5 heteroatoms. The minimum Gasteiger partial charge on any atom is -0.395 e. The lowest BCUT2D eigenvalue weighted by Crippen LogP contribution is -2.32. The number of anilines is 1. The maximum Gasteiger partial charge on any atom is 0.0702 e. The summed E-state index contributed by atoms with van der Waals surface area (Å²) in [4.78, 5) is 4.62. The number of benzene rings is 1. The number of hydrogen-bond donors (Lipinski definition) is 2. The highest BCUT2D eigenvalue weighted by molar-refractivity contribution is 9.10. The number of β-amino-alcohol motifs (C(OH)–C–C–N with tert-alkyl or cyclic N) is 1. The van der Waals surface area contributed by atoms with Gasteiger partial charge in [0, 0.05) is 41.9 Å². The van der Waals surface area contributed by atoms with E-state index in [1.54, 1.807) is 0 Å². The van der Waals surface area contributed by atoms with Crippen LogP contribution in [0.4, 0.5) is 5.69 Å². The van der Waals surface area contributed by atoms with E-state index in [1.165, 1.54) is 0 Å². The van der Waals surface area contributed by atoms with Crippen molar-refractivity contribution in [2.75, 3.05) is 44.2 Å². The van der Waals surface area contributed by atoms with Crippen molar-refractivity contribution in [2.45, 2.75) is 13.0 Å². The summed E-state index contributed by atoms with van der Waals surface area (Å²) in [7, 11) is 0. The third-order valence-electron chi connectivity index (χ3n) is 3.56. The summed E-state index contributed by atoms with van der Waals surface area (Å²) in [6, 6.07) is 6.01. The number of halogens is 1. The summed E-state index contributed by atoms with van der Waals surface area (Å²) in [5, 5.41) is 18.5. The van der Waals surface area contributed by atoms with Crippen LogP contribution in [0.25, 0.3) is 0 Å². The second-order valence-corrected chi connectivity index (χ2v) is 5.75. The minimum absolute atomic E-state index is 0.0689. The molecule has 0 aromatic heterocycles. The molecule has 2 N–H and O–H groups in total. The first-order chi connectivity index (χ1) is 9.24. The Morgan fingerprint density at radius 2 is 1.95 bits per heavy atom. The molecule has 1 saturated heterocycles. The van der Waals surface area contributed by atoms with Crippen molar-refractivity contribution in [3.63, 3.8) is 0 Å². The summed E-state index contributed by atoms with van der Waals surface area (Å²) >= 11 is 3.50. The molecule has 1 aliphatic heterocycles. The third kappa shape index (κ3) is 3.92. The van der Waals surface area contributed by atoms with Crippen LogP contribution in [0.1, 0.15) is 12.0 Å². The predicted octanol–water partition coefficient (Wildman–Crippen LogP) is 1.45. The quantitative estimate of drug-likeness (QED) is 0.878. The van der Waals surface area contributed by atoms with Crippen LogP contribution in [-0.2, 0) is 6.61 Å². The van der Waals surface area contributed by atoms with E-state index in [-0.39, 0.29) is 13.2 Å². The third-order valence-corrected chi connectivity index (χ3v) is 4.06. The molecule has 1 aromatic rings. The molecule has 1 fully saturated rings. The van der Waals surface area contributed by atoms with E-state index in [9.17, 15) is 5.11 Å². The molecule has 0 aliphatic carbocycles. The van der Waals surface area contributed by atoms with Gasteiger partial charge in [-0.05, 0) is 25.1 Å². The molecule has 4 nitrogen and oxygen atoms in total. The van der Waals surface area contributed by atoms with E-state index >= 15 is 0 Å². The summed E-state index contributed by atoms with van der Waals surface area (Å²) in [6.07, 6.45) is 1.08. The van der Waals surface area contributed by atoms with Crippen molar-refractivity contribution in [3.05, 3.63) is 28.2 Å². The Kier molecular flexibility index (Phi) is 5.63. The second-order valence-electron chi connectivity index (χ2n) is 4.84. The van der Waals surface area contributed by atoms with Crippen molar-refractivity contribution >= 4 is 21.6 Å². The lowest BCUT2D eigenvalue weighted by molar-refractivity contribution is 0.204. The van der Waals surface area contributed by atoms with Crippen LogP contribution in [0.5, 0.6) is 0 Å². The second kappa shape index (κ2) is 7.24. The van der Waals surface area contributed by atoms with Gasteiger partial charge in [-0.15, -0.1) is 0 Å². The molecule has 0 unspecified atom stereocenters. The van der Waals surface area contributed by atoms with Crippen LogP contribution in [0.2, 0.25) is 0 Å². The van der Waals surface area contributed by atoms with Crippen LogP contribution in [0.3, 0.4) is 0 Å². The van der Waals surface area contributed by atoms with Crippen LogP contribution in [0, 0.1) is 0 Å². The molecule has 1 aliphatic rings. The van der Waals surface area contributed by atoms with Crippen molar-refractivity contribution in [1.82, 2.24) is 4.90 Å². The van der Waals surface area contributed by atoms with E-state index in [1.807, 2.05) is 12.1 Å². The van der Waals surface area contributed by atoms with E-state index in [0.717, 1.165) is 54.9 Å². The highest BCUT2D eigenvalue weighted by Crippen LogP contribution is 2.26. The van der Waals surface area contributed by atoms with Gasteiger partial charge in [0.15, 0.2) is 0 Å². The van der Waals surface area contributed by atoms with Crippen LogP contribution in [-0.4, -0.2) is 54.4 Å². The minimum atomic E-state index is 0.0689. The van der Waals surface area contributed by atoms with Gasteiger partial charge in [-0.1, -0.05) is 22.0 Å². The number of nitrogens with zero attached hydrogens (tertiary/aromatic N) is 2. The number of aliphatic hydroxyl groups excluding tert-OH is 2. The zero-order chi connectivity index (χ0) is 13.7. The smallest absolute Gasteiger partial charge is 0.0702 e. The average molecular weight is 329 g/mol. The van der Waals surface area contributed by atoms with Crippen molar-refractivity contribution in [3.8, 4) is 0 Å². The molecule has 106 valence electrons. The van der Waals surface area contributed by atoms with E-state index in [4.69, 9.17) is 5.11 Å². The molecule has 2 rings (SSSR count). The van der Waals surface area contributed by atoms with Crippen molar-refractivity contribution in [2.24, 2.45) is 0 Å². The lowest BCUT2D eigenvalue weighted by Gasteiger charge is -2.25. The first-order valence-electron chi connectivity index (χ1n) is 6.72. The molecule has 0 saturated carbocycles. The summed E-state index contributed by atoms with van der Waals surface area (Å²) < 4.78 is 1.04. The predicted molar refractivity (Wildman–Crippen MR) is 80.4 cm³/mol. The Morgan fingerprint density at radius 1 is 1.11 bits per heavy atom. The fourth-order valence-electron chi connectivity index (χ4n) is 2.54. The van der Waals surface area contributed by atoms with Gasteiger partial charge < -0.3 is 15.1 Å². The van der Waals surface area contributed by atoms with Crippen LogP contribution < -0.4 is 4.90 Å². The maximum atomic E-state index is 9.46. The Balaban J connectivity index is 2.11. The molecule has 0 spiro atoms. The molecule has 0 bridgehead atoms. The van der Waals surface area contributed by atoms with E-state index in [0.29, 0.717) is 0 Å². The maximum absolute atomic E-state index is 9.46. The highest BCUT2D eigenvalue weighted by Gasteiger charge is 2.17. The molecule has 19 heavy (non-hydrogen) atoms. The fraction of sp³-hybridized carbons (Fsp3) is 0.571. The zero-order valence-corrected chi connectivity index (χ0v) is 12.6. The Labute approximate surface area is 122 Å². The molecule has 1 aromatic carbocycles. The Bertz CT molecular complexity index is 414. The fourth-order valence-corrected chi connectivity index (χ4v) is 2.89. The number of hydrogen-bond acceptors (Lipinski definition) is 4. The molecule has 0 amide bonds. The zero-order valence-electron chi connectivity index (χ0n) is 11.1.